The molecule has 0 aliphatic heterocycles. The quantitative estimate of drug-likeness (QED) is 0.0429. The maximum absolute atomic E-state index is 12.2. The zero-order valence-electron chi connectivity index (χ0n) is 30.1. The van der Waals surface area contributed by atoms with Gasteiger partial charge in [0.1, 0.15) is 6.61 Å². The van der Waals surface area contributed by atoms with E-state index in [0.717, 1.165) is 64.2 Å². The summed E-state index contributed by atoms with van der Waals surface area (Å²) in [5, 5.41) is 9.54. The first-order chi connectivity index (χ1) is 22.6. The molecular formula is C41H72O5. The van der Waals surface area contributed by atoms with Crippen molar-refractivity contribution in [2.75, 3.05) is 13.2 Å². The molecule has 0 amide bonds. The van der Waals surface area contributed by atoms with Gasteiger partial charge in [-0.2, -0.15) is 0 Å². The molecule has 1 atom stereocenters. The summed E-state index contributed by atoms with van der Waals surface area (Å²) in [5.74, 6) is -0.614. The highest BCUT2D eigenvalue weighted by Crippen LogP contribution is 2.13. The van der Waals surface area contributed by atoms with Gasteiger partial charge in [0.05, 0.1) is 6.61 Å². The minimum Gasteiger partial charge on any atom is -0.462 e. The molecular weight excluding hydrogens is 572 g/mol. The van der Waals surface area contributed by atoms with Gasteiger partial charge < -0.3 is 14.6 Å². The number of hydrogen-bond donors (Lipinski definition) is 1. The molecule has 5 heteroatoms. The van der Waals surface area contributed by atoms with Crippen LogP contribution in [0, 0.1) is 0 Å². The number of carbonyl (C=O) groups excluding carboxylic acids is 2. The van der Waals surface area contributed by atoms with E-state index in [0.29, 0.717) is 12.8 Å². The van der Waals surface area contributed by atoms with Crippen LogP contribution >= 0.6 is 0 Å². The Morgan fingerprint density at radius 2 is 0.913 bits per heavy atom. The van der Waals surface area contributed by atoms with Gasteiger partial charge in [-0.25, -0.2) is 0 Å². The summed E-state index contributed by atoms with van der Waals surface area (Å²) in [6.45, 7) is 4.02. The van der Waals surface area contributed by atoms with E-state index >= 15 is 0 Å². The first kappa shape index (κ1) is 43.9. The number of ether oxygens (including phenoxy) is 2. The van der Waals surface area contributed by atoms with Gasteiger partial charge in [0.2, 0.25) is 0 Å². The fourth-order valence-electron chi connectivity index (χ4n) is 5.15. The lowest BCUT2D eigenvalue weighted by Crippen LogP contribution is -2.28. The van der Waals surface area contributed by atoms with Gasteiger partial charge in [-0.3, -0.25) is 9.59 Å². The van der Waals surface area contributed by atoms with Crippen molar-refractivity contribution in [1.29, 1.82) is 0 Å². The van der Waals surface area contributed by atoms with Crippen molar-refractivity contribution in [3.05, 3.63) is 48.6 Å². The Labute approximate surface area is 284 Å². The number of aliphatic hydroxyl groups is 1. The Kier molecular flexibility index (Phi) is 35.6. The molecule has 0 aromatic heterocycles. The van der Waals surface area contributed by atoms with Crippen molar-refractivity contribution in [1.82, 2.24) is 0 Å². The standard InChI is InChI=1S/C41H72O5/c1-3-5-7-9-11-13-15-17-18-19-20-21-22-24-26-28-30-32-34-36-41(44)46-39(37-42)38-45-40(43)35-33-31-29-27-25-23-16-14-12-10-8-6-4-2/h8,10-11,13-14,16-18,39,42H,3-7,9,12,15,19-38H2,1-2H3/b10-8-,13-11-,16-14-,18-17-. The summed E-state index contributed by atoms with van der Waals surface area (Å²) in [6.07, 6.45) is 45.9. The second kappa shape index (κ2) is 37.3. The van der Waals surface area contributed by atoms with Gasteiger partial charge in [0, 0.05) is 12.8 Å². The Bertz CT molecular complexity index is 782. The van der Waals surface area contributed by atoms with E-state index in [4.69, 9.17) is 9.47 Å². The Balaban J connectivity index is 3.58. The largest absolute Gasteiger partial charge is 0.462 e. The van der Waals surface area contributed by atoms with Crippen LogP contribution in [0.3, 0.4) is 0 Å². The van der Waals surface area contributed by atoms with Crippen molar-refractivity contribution >= 4 is 11.9 Å². The van der Waals surface area contributed by atoms with Crippen molar-refractivity contribution in [2.45, 2.75) is 187 Å². The topological polar surface area (TPSA) is 72.8 Å². The van der Waals surface area contributed by atoms with Gasteiger partial charge >= 0.3 is 11.9 Å². The highest BCUT2D eigenvalue weighted by molar-refractivity contribution is 5.70. The molecule has 266 valence electrons. The number of unbranched alkanes of at least 4 members (excludes halogenated alkanes) is 18. The number of carbonyl (C=O) groups is 2. The molecule has 0 aromatic carbocycles. The van der Waals surface area contributed by atoms with Crippen LogP contribution in [-0.2, 0) is 19.1 Å². The van der Waals surface area contributed by atoms with E-state index in [1.54, 1.807) is 0 Å². The molecule has 0 spiro atoms. The summed E-state index contributed by atoms with van der Waals surface area (Å²) in [5.41, 5.74) is 0. The predicted molar refractivity (Wildman–Crippen MR) is 196 cm³/mol. The van der Waals surface area contributed by atoms with Crippen LogP contribution in [0.4, 0.5) is 0 Å². The molecule has 0 aliphatic rings. The van der Waals surface area contributed by atoms with Gasteiger partial charge in [0.25, 0.3) is 0 Å². The summed E-state index contributed by atoms with van der Waals surface area (Å²) >= 11 is 0. The van der Waals surface area contributed by atoms with E-state index in [9.17, 15) is 14.7 Å². The van der Waals surface area contributed by atoms with Crippen molar-refractivity contribution in [3.63, 3.8) is 0 Å². The molecule has 0 aliphatic carbocycles. The van der Waals surface area contributed by atoms with E-state index in [1.165, 1.54) is 89.9 Å². The molecule has 0 heterocycles. The third kappa shape index (κ3) is 34.7. The second-order valence-electron chi connectivity index (χ2n) is 12.6. The average molecular weight is 645 g/mol. The number of aliphatic hydroxyl groups excluding tert-OH is 1. The summed E-state index contributed by atoms with van der Waals surface area (Å²) < 4.78 is 10.6. The Morgan fingerprint density at radius 3 is 1.37 bits per heavy atom. The van der Waals surface area contributed by atoms with Gasteiger partial charge in [0.15, 0.2) is 6.10 Å². The highest BCUT2D eigenvalue weighted by atomic mass is 16.6. The van der Waals surface area contributed by atoms with E-state index < -0.39 is 6.10 Å². The molecule has 0 aromatic rings. The smallest absolute Gasteiger partial charge is 0.306 e. The molecule has 1 unspecified atom stereocenters. The maximum atomic E-state index is 12.2. The lowest BCUT2D eigenvalue weighted by Gasteiger charge is -2.15. The lowest BCUT2D eigenvalue weighted by molar-refractivity contribution is -0.161. The number of hydrogen-bond acceptors (Lipinski definition) is 5. The first-order valence-corrected chi connectivity index (χ1v) is 19.2. The molecule has 0 bridgehead atoms. The van der Waals surface area contributed by atoms with Crippen LogP contribution in [0.1, 0.15) is 181 Å². The molecule has 1 N–H and O–H groups in total. The van der Waals surface area contributed by atoms with E-state index in [1.807, 2.05) is 0 Å². The number of allylic oxidation sites excluding steroid dienone is 8. The van der Waals surface area contributed by atoms with Crippen LogP contribution in [0.25, 0.3) is 0 Å². The maximum Gasteiger partial charge on any atom is 0.306 e. The molecule has 46 heavy (non-hydrogen) atoms. The van der Waals surface area contributed by atoms with E-state index in [-0.39, 0.29) is 25.2 Å². The summed E-state index contributed by atoms with van der Waals surface area (Å²) in [7, 11) is 0. The summed E-state index contributed by atoms with van der Waals surface area (Å²) in [6, 6.07) is 0. The van der Waals surface area contributed by atoms with Crippen LogP contribution in [-0.4, -0.2) is 36.4 Å². The Morgan fingerprint density at radius 1 is 0.500 bits per heavy atom. The fourth-order valence-corrected chi connectivity index (χ4v) is 5.15. The van der Waals surface area contributed by atoms with Crippen molar-refractivity contribution in [3.8, 4) is 0 Å². The van der Waals surface area contributed by atoms with Crippen LogP contribution in [0.15, 0.2) is 48.6 Å². The monoisotopic (exact) mass is 645 g/mol. The predicted octanol–water partition coefficient (Wildman–Crippen LogP) is 11.8. The summed E-state index contributed by atoms with van der Waals surface area (Å²) in [4.78, 5) is 24.2. The molecule has 0 fully saturated rings. The molecule has 0 radical (unpaired) electrons. The van der Waals surface area contributed by atoms with Gasteiger partial charge in [-0.15, -0.1) is 0 Å². The zero-order valence-corrected chi connectivity index (χ0v) is 30.1. The van der Waals surface area contributed by atoms with Crippen LogP contribution in [0.5, 0.6) is 0 Å². The highest BCUT2D eigenvalue weighted by Gasteiger charge is 2.16. The van der Waals surface area contributed by atoms with Gasteiger partial charge in [-0.05, 0) is 70.6 Å². The SMILES string of the molecule is CCC/C=C\C/C=C\CCCCCCCC(=O)OCC(CO)OC(=O)CCCCCCCCCCC/C=C\C/C=C\CCCCC. The second-order valence-corrected chi connectivity index (χ2v) is 12.6. The third-order valence-electron chi connectivity index (χ3n) is 8.08. The number of esters is 2. The third-order valence-corrected chi connectivity index (χ3v) is 8.08. The van der Waals surface area contributed by atoms with Crippen LogP contribution < -0.4 is 0 Å². The van der Waals surface area contributed by atoms with Gasteiger partial charge in [-0.1, -0.05) is 146 Å². The molecule has 0 saturated heterocycles. The van der Waals surface area contributed by atoms with Crippen LogP contribution in [0.2, 0.25) is 0 Å². The first-order valence-electron chi connectivity index (χ1n) is 19.2. The minimum absolute atomic E-state index is 0.0755. The zero-order chi connectivity index (χ0) is 33.6. The van der Waals surface area contributed by atoms with Crippen molar-refractivity contribution < 1.29 is 24.2 Å². The lowest BCUT2D eigenvalue weighted by atomic mass is 10.1. The molecule has 0 rings (SSSR count). The van der Waals surface area contributed by atoms with E-state index in [2.05, 4.69) is 62.5 Å². The molecule has 0 saturated carbocycles. The molecule has 5 nitrogen and oxygen atoms in total. The number of rotatable bonds is 34. The minimum atomic E-state index is -0.778. The Hall–Kier alpha value is -2.14. The average Bonchev–Trinajstić information content (AvgIpc) is 3.06. The fraction of sp³-hybridized carbons (Fsp3) is 0.756. The van der Waals surface area contributed by atoms with Crippen molar-refractivity contribution in [2.24, 2.45) is 0 Å². The normalized spacial score (nSPS) is 12.7.